The molecule has 1 aliphatic heterocycles. The lowest BCUT2D eigenvalue weighted by molar-refractivity contribution is -0.143. The maximum atomic E-state index is 11.5. The normalized spacial score (nSPS) is 18.6. The van der Waals surface area contributed by atoms with Gasteiger partial charge in [0.2, 0.25) is 0 Å². The highest BCUT2D eigenvalue weighted by atomic mass is 79.9. The van der Waals surface area contributed by atoms with Gasteiger partial charge in [-0.15, -0.1) is 0 Å². The fourth-order valence-corrected chi connectivity index (χ4v) is 1.98. The second-order valence-corrected chi connectivity index (χ2v) is 4.21. The van der Waals surface area contributed by atoms with Crippen LogP contribution in [0.15, 0.2) is 22.8 Å². The van der Waals surface area contributed by atoms with Crippen molar-refractivity contribution in [1.82, 2.24) is 4.90 Å². The van der Waals surface area contributed by atoms with Gasteiger partial charge in [-0.1, -0.05) is 15.9 Å². The van der Waals surface area contributed by atoms with Crippen molar-refractivity contribution in [2.45, 2.75) is 19.4 Å². The van der Waals surface area contributed by atoms with E-state index in [0.29, 0.717) is 6.61 Å². The number of carbonyl (C=O) groups is 2. The van der Waals surface area contributed by atoms with Crippen molar-refractivity contribution >= 4 is 28.0 Å². The Kier molecular flexibility index (Phi) is 5.21. The van der Waals surface area contributed by atoms with Gasteiger partial charge in [-0.3, -0.25) is 9.69 Å². The molecule has 94 valence electrons. The van der Waals surface area contributed by atoms with Crippen LogP contribution in [0.5, 0.6) is 0 Å². The minimum atomic E-state index is -0.513. The summed E-state index contributed by atoms with van der Waals surface area (Å²) in [4.78, 5) is 24.3. The molecule has 0 aromatic heterocycles. The van der Waals surface area contributed by atoms with Crippen LogP contribution in [0, 0.1) is 0 Å². The van der Waals surface area contributed by atoms with Crippen LogP contribution in [0.4, 0.5) is 4.79 Å². The Bertz CT molecular complexity index is 364. The summed E-state index contributed by atoms with van der Waals surface area (Å²) >= 11 is 3.32. The van der Waals surface area contributed by atoms with Gasteiger partial charge in [-0.25, -0.2) is 4.79 Å². The smallest absolute Gasteiger partial charge is 0.414 e. The van der Waals surface area contributed by atoms with Gasteiger partial charge in [0.15, 0.2) is 0 Å². The van der Waals surface area contributed by atoms with E-state index >= 15 is 0 Å². The minimum Gasteiger partial charge on any atom is -0.466 e. The Morgan fingerprint density at radius 3 is 2.82 bits per heavy atom. The van der Waals surface area contributed by atoms with Gasteiger partial charge in [-0.05, 0) is 19.1 Å². The molecule has 6 heteroatoms. The summed E-state index contributed by atoms with van der Waals surface area (Å²) in [6.07, 6.45) is 4.62. The van der Waals surface area contributed by atoms with E-state index < -0.39 is 12.1 Å². The highest BCUT2D eigenvalue weighted by Crippen LogP contribution is 2.25. The average molecular weight is 304 g/mol. The number of rotatable bonds is 3. The van der Waals surface area contributed by atoms with Crippen LogP contribution < -0.4 is 0 Å². The Morgan fingerprint density at radius 2 is 2.24 bits per heavy atom. The van der Waals surface area contributed by atoms with Gasteiger partial charge in [0.1, 0.15) is 0 Å². The van der Waals surface area contributed by atoms with E-state index in [1.165, 1.54) is 12.0 Å². The van der Waals surface area contributed by atoms with E-state index in [2.05, 4.69) is 20.7 Å². The summed E-state index contributed by atoms with van der Waals surface area (Å²) in [6, 6.07) is -0.411. The molecule has 0 N–H and O–H groups in total. The Balaban J connectivity index is 2.77. The standard InChI is InChI=1S/C11H14BrNO4/c1-3-17-10(14)7-9-8(12)5-4-6-13(9)11(15)16-2/h4-6,9H,3,7H2,1-2H3. The third kappa shape index (κ3) is 3.59. The molecule has 1 heterocycles. The molecule has 0 spiro atoms. The lowest BCUT2D eigenvalue weighted by Crippen LogP contribution is -2.39. The number of amides is 1. The minimum absolute atomic E-state index is 0.0877. The van der Waals surface area contributed by atoms with Crippen molar-refractivity contribution in [3.63, 3.8) is 0 Å². The zero-order chi connectivity index (χ0) is 12.8. The molecule has 0 saturated carbocycles. The van der Waals surface area contributed by atoms with Gasteiger partial charge in [0.25, 0.3) is 0 Å². The maximum absolute atomic E-state index is 11.5. The van der Waals surface area contributed by atoms with E-state index in [1.54, 1.807) is 25.3 Å². The molecule has 1 rings (SSSR count). The lowest BCUT2D eigenvalue weighted by Gasteiger charge is -2.28. The predicted molar refractivity (Wildman–Crippen MR) is 65.4 cm³/mol. The van der Waals surface area contributed by atoms with Crippen molar-refractivity contribution in [3.05, 3.63) is 22.8 Å². The number of hydrogen-bond donors (Lipinski definition) is 0. The van der Waals surface area contributed by atoms with Crippen LogP contribution in [0.1, 0.15) is 13.3 Å². The summed E-state index contributed by atoms with van der Waals surface area (Å²) in [5.74, 6) is -0.355. The summed E-state index contributed by atoms with van der Waals surface area (Å²) in [6.45, 7) is 2.06. The largest absolute Gasteiger partial charge is 0.466 e. The molecular weight excluding hydrogens is 290 g/mol. The third-order valence-electron chi connectivity index (χ3n) is 2.21. The molecule has 0 fully saturated rings. The maximum Gasteiger partial charge on any atom is 0.414 e. The summed E-state index contributed by atoms with van der Waals surface area (Å²) in [5.41, 5.74) is 0. The van der Waals surface area contributed by atoms with Crippen LogP contribution in [0.2, 0.25) is 0 Å². The van der Waals surface area contributed by atoms with E-state index in [4.69, 9.17) is 4.74 Å². The second-order valence-electron chi connectivity index (χ2n) is 3.30. The number of carbonyl (C=O) groups excluding carboxylic acids is 2. The van der Waals surface area contributed by atoms with Crippen molar-refractivity contribution in [1.29, 1.82) is 0 Å². The lowest BCUT2D eigenvalue weighted by atomic mass is 10.1. The van der Waals surface area contributed by atoms with E-state index in [0.717, 1.165) is 4.48 Å². The topological polar surface area (TPSA) is 55.8 Å². The Hall–Kier alpha value is -1.30. The third-order valence-corrected chi connectivity index (χ3v) is 3.00. The zero-order valence-electron chi connectivity index (χ0n) is 9.68. The van der Waals surface area contributed by atoms with Gasteiger partial charge in [0, 0.05) is 10.7 Å². The van der Waals surface area contributed by atoms with E-state index in [-0.39, 0.29) is 12.4 Å². The molecule has 0 bridgehead atoms. The van der Waals surface area contributed by atoms with Crippen LogP contribution in [0.25, 0.3) is 0 Å². The number of allylic oxidation sites excluding steroid dienone is 2. The first-order valence-corrected chi connectivity index (χ1v) is 5.95. The molecule has 0 aromatic carbocycles. The summed E-state index contributed by atoms with van der Waals surface area (Å²) in [5, 5.41) is 0. The van der Waals surface area contributed by atoms with Crippen LogP contribution in [-0.2, 0) is 14.3 Å². The Labute approximate surface area is 108 Å². The molecule has 1 unspecified atom stereocenters. The molecule has 0 aromatic rings. The zero-order valence-corrected chi connectivity index (χ0v) is 11.3. The highest BCUT2D eigenvalue weighted by molar-refractivity contribution is 9.11. The molecule has 0 radical (unpaired) electrons. The summed E-state index contributed by atoms with van der Waals surface area (Å²) in [7, 11) is 1.30. The molecule has 1 atom stereocenters. The van der Waals surface area contributed by atoms with Gasteiger partial charge in [0.05, 0.1) is 26.2 Å². The van der Waals surface area contributed by atoms with Crippen LogP contribution in [0.3, 0.4) is 0 Å². The number of halogens is 1. The molecule has 17 heavy (non-hydrogen) atoms. The van der Waals surface area contributed by atoms with Crippen molar-refractivity contribution in [2.75, 3.05) is 13.7 Å². The predicted octanol–water partition coefficient (Wildman–Crippen LogP) is 2.18. The average Bonchev–Trinajstić information content (AvgIpc) is 2.31. The first-order valence-electron chi connectivity index (χ1n) is 5.16. The fourth-order valence-electron chi connectivity index (χ4n) is 1.44. The summed E-state index contributed by atoms with van der Waals surface area (Å²) < 4.78 is 10.2. The number of esters is 1. The monoisotopic (exact) mass is 303 g/mol. The quantitative estimate of drug-likeness (QED) is 0.750. The van der Waals surface area contributed by atoms with E-state index in [1.807, 2.05) is 0 Å². The highest BCUT2D eigenvalue weighted by Gasteiger charge is 2.29. The first-order chi connectivity index (χ1) is 8.10. The van der Waals surface area contributed by atoms with Crippen LogP contribution in [-0.4, -0.2) is 36.7 Å². The molecule has 1 aliphatic rings. The van der Waals surface area contributed by atoms with Gasteiger partial charge < -0.3 is 9.47 Å². The molecular formula is C11H14BrNO4. The van der Waals surface area contributed by atoms with Crippen molar-refractivity contribution in [3.8, 4) is 0 Å². The molecule has 1 amide bonds. The number of ether oxygens (including phenoxy) is 2. The molecule has 0 aliphatic carbocycles. The number of nitrogens with zero attached hydrogens (tertiary/aromatic N) is 1. The fraction of sp³-hybridized carbons (Fsp3) is 0.455. The van der Waals surface area contributed by atoms with Crippen LogP contribution >= 0.6 is 15.9 Å². The first kappa shape index (κ1) is 13.8. The Morgan fingerprint density at radius 1 is 1.53 bits per heavy atom. The number of methoxy groups -OCH3 is 1. The van der Waals surface area contributed by atoms with Crippen molar-refractivity contribution < 1.29 is 19.1 Å². The SMILES string of the molecule is CCOC(=O)CC1C(Br)=CC=CN1C(=O)OC. The van der Waals surface area contributed by atoms with Crippen molar-refractivity contribution in [2.24, 2.45) is 0 Å². The molecule has 0 saturated heterocycles. The van der Waals surface area contributed by atoms with Gasteiger partial charge in [-0.2, -0.15) is 0 Å². The van der Waals surface area contributed by atoms with E-state index in [9.17, 15) is 9.59 Å². The molecule has 5 nitrogen and oxygen atoms in total. The number of hydrogen-bond acceptors (Lipinski definition) is 4. The van der Waals surface area contributed by atoms with Gasteiger partial charge >= 0.3 is 12.1 Å². The second kappa shape index (κ2) is 6.44.